The number of aromatic nitrogens is 1. The Labute approximate surface area is 148 Å². The fraction of sp³-hybridized carbons (Fsp3) is 0.227. The van der Waals surface area contributed by atoms with Crippen LogP contribution in [0.25, 0.3) is 0 Å². The molecule has 3 aromatic rings. The van der Waals surface area contributed by atoms with Gasteiger partial charge in [0.1, 0.15) is 0 Å². The van der Waals surface area contributed by atoms with E-state index in [1.54, 1.807) is 12.4 Å². The van der Waals surface area contributed by atoms with Gasteiger partial charge >= 0.3 is 0 Å². The van der Waals surface area contributed by atoms with Crippen LogP contribution in [-0.4, -0.2) is 17.6 Å². The van der Waals surface area contributed by atoms with Crippen LogP contribution < -0.4 is 4.90 Å². The smallest absolute Gasteiger partial charge is 0.181 e. The Morgan fingerprint density at radius 1 is 0.840 bits per heavy atom. The third-order valence-corrected chi connectivity index (χ3v) is 5.09. The van der Waals surface area contributed by atoms with Gasteiger partial charge in [-0.25, -0.2) is 4.39 Å². The topological polar surface area (TPSA) is 16.1 Å². The first kappa shape index (κ1) is 15.8. The highest BCUT2D eigenvalue weighted by atomic mass is 19.1. The molecule has 0 unspecified atom stereocenters. The second kappa shape index (κ2) is 6.67. The predicted octanol–water partition coefficient (Wildman–Crippen LogP) is 4.96. The second-order valence-corrected chi connectivity index (χ2v) is 6.50. The van der Waals surface area contributed by atoms with E-state index < -0.39 is 5.67 Å². The van der Waals surface area contributed by atoms with Crippen LogP contribution in [0.5, 0.6) is 0 Å². The van der Waals surface area contributed by atoms with E-state index in [2.05, 4.69) is 9.88 Å². The summed E-state index contributed by atoms with van der Waals surface area (Å²) >= 11 is 0. The van der Waals surface area contributed by atoms with Crippen LogP contribution in [0, 0.1) is 0 Å². The van der Waals surface area contributed by atoms with Gasteiger partial charge in [-0.3, -0.25) is 4.98 Å². The summed E-state index contributed by atoms with van der Waals surface area (Å²) in [5.41, 5.74) is 0.910. The summed E-state index contributed by atoms with van der Waals surface area (Å²) in [7, 11) is 0. The molecule has 0 spiro atoms. The van der Waals surface area contributed by atoms with Crippen molar-refractivity contribution in [1.82, 2.24) is 4.98 Å². The van der Waals surface area contributed by atoms with E-state index in [1.807, 2.05) is 72.8 Å². The largest absolute Gasteiger partial charge is 0.365 e. The molecule has 0 bridgehead atoms. The standard InChI is InChI=1S/C22H21FN2/c23-22(18-8-3-1-4-9-18,19-10-5-2-6-11-19)21-12-7-17-25(21)20-13-15-24-16-14-20/h1-6,8-11,13-16,21H,7,12,17H2/t21-/m0/s1. The Balaban J connectivity index is 1.84. The number of benzene rings is 2. The Hall–Kier alpha value is -2.68. The number of nitrogens with zero attached hydrogens (tertiary/aromatic N) is 2. The Morgan fingerprint density at radius 2 is 1.40 bits per heavy atom. The van der Waals surface area contributed by atoms with Gasteiger partial charge in [0.25, 0.3) is 0 Å². The maximum Gasteiger partial charge on any atom is 0.181 e. The normalized spacial score (nSPS) is 17.6. The Bertz CT molecular complexity index is 766. The van der Waals surface area contributed by atoms with E-state index >= 15 is 4.39 Å². The number of hydrogen-bond donors (Lipinski definition) is 0. The van der Waals surface area contributed by atoms with Crippen molar-refractivity contribution in [1.29, 1.82) is 0 Å². The van der Waals surface area contributed by atoms with Crippen molar-refractivity contribution in [3.8, 4) is 0 Å². The van der Waals surface area contributed by atoms with Gasteiger partial charge in [-0.2, -0.15) is 0 Å². The minimum absolute atomic E-state index is 0.236. The van der Waals surface area contributed by atoms with Crippen molar-refractivity contribution in [2.45, 2.75) is 24.6 Å². The molecule has 0 saturated carbocycles. The maximum atomic E-state index is 16.8. The van der Waals surface area contributed by atoms with E-state index in [0.29, 0.717) is 11.1 Å². The first-order valence-electron chi connectivity index (χ1n) is 8.77. The molecule has 2 aromatic carbocycles. The highest BCUT2D eigenvalue weighted by Gasteiger charge is 2.47. The van der Waals surface area contributed by atoms with E-state index in [0.717, 1.165) is 25.1 Å². The van der Waals surface area contributed by atoms with Gasteiger partial charge in [0.2, 0.25) is 0 Å². The molecule has 1 fully saturated rings. The van der Waals surface area contributed by atoms with Crippen molar-refractivity contribution in [2.75, 3.05) is 11.4 Å². The molecule has 0 aliphatic carbocycles. The summed E-state index contributed by atoms with van der Waals surface area (Å²) in [4.78, 5) is 6.30. The Morgan fingerprint density at radius 3 is 1.96 bits per heavy atom. The van der Waals surface area contributed by atoms with Crippen LogP contribution in [0.3, 0.4) is 0 Å². The van der Waals surface area contributed by atoms with Crippen molar-refractivity contribution in [3.05, 3.63) is 96.3 Å². The highest BCUT2D eigenvalue weighted by molar-refractivity contribution is 5.51. The fourth-order valence-electron chi connectivity index (χ4n) is 3.94. The molecule has 1 aliphatic heterocycles. The van der Waals surface area contributed by atoms with Crippen LogP contribution >= 0.6 is 0 Å². The zero-order valence-electron chi connectivity index (χ0n) is 14.1. The minimum atomic E-state index is -1.55. The molecule has 0 radical (unpaired) electrons. The summed E-state index contributed by atoms with van der Waals surface area (Å²) in [5, 5.41) is 0. The average molecular weight is 332 g/mol. The summed E-state index contributed by atoms with van der Waals surface area (Å²) in [5.74, 6) is 0. The molecular weight excluding hydrogens is 311 g/mol. The van der Waals surface area contributed by atoms with E-state index in [9.17, 15) is 0 Å². The molecule has 4 rings (SSSR count). The number of rotatable bonds is 4. The molecule has 1 atom stereocenters. The summed E-state index contributed by atoms with van der Waals surface area (Å²) < 4.78 is 16.8. The molecule has 126 valence electrons. The van der Waals surface area contributed by atoms with Crippen molar-refractivity contribution >= 4 is 5.69 Å². The summed E-state index contributed by atoms with van der Waals surface area (Å²) in [6, 6.07) is 22.8. The van der Waals surface area contributed by atoms with Gasteiger partial charge in [0.15, 0.2) is 5.67 Å². The third-order valence-electron chi connectivity index (χ3n) is 5.09. The quantitative estimate of drug-likeness (QED) is 0.671. The Kier molecular flexibility index (Phi) is 4.22. The van der Waals surface area contributed by atoms with Crippen LogP contribution in [0.1, 0.15) is 24.0 Å². The number of alkyl halides is 1. The monoisotopic (exact) mass is 332 g/mol. The van der Waals surface area contributed by atoms with E-state index in [4.69, 9.17) is 0 Å². The van der Waals surface area contributed by atoms with Gasteiger partial charge in [-0.15, -0.1) is 0 Å². The van der Waals surface area contributed by atoms with Gasteiger partial charge in [0, 0.05) is 24.6 Å². The zero-order valence-corrected chi connectivity index (χ0v) is 14.1. The van der Waals surface area contributed by atoms with Crippen molar-refractivity contribution in [2.24, 2.45) is 0 Å². The summed E-state index contributed by atoms with van der Waals surface area (Å²) in [6.45, 7) is 0.861. The first-order chi connectivity index (χ1) is 12.3. The van der Waals surface area contributed by atoms with Crippen LogP contribution in [0.4, 0.5) is 10.1 Å². The lowest BCUT2D eigenvalue weighted by Crippen LogP contribution is -2.45. The van der Waals surface area contributed by atoms with Gasteiger partial charge in [0.05, 0.1) is 6.04 Å². The molecule has 2 nitrogen and oxygen atoms in total. The maximum absolute atomic E-state index is 16.8. The van der Waals surface area contributed by atoms with Crippen LogP contribution in [0.2, 0.25) is 0 Å². The van der Waals surface area contributed by atoms with E-state index in [-0.39, 0.29) is 6.04 Å². The number of hydrogen-bond acceptors (Lipinski definition) is 2. The lowest BCUT2D eigenvalue weighted by atomic mass is 9.80. The molecule has 25 heavy (non-hydrogen) atoms. The molecule has 1 aromatic heterocycles. The molecule has 1 saturated heterocycles. The number of halogens is 1. The van der Waals surface area contributed by atoms with Gasteiger partial charge < -0.3 is 4.90 Å². The SMILES string of the molecule is FC(c1ccccc1)(c1ccccc1)[C@@H]1CCCN1c1ccncc1. The number of pyridine rings is 1. The minimum Gasteiger partial charge on any atom is -0.365 e. The molecular formula is C22H21FN2. The molecule has 1 aliphatic rings. The fourth-order valence-corrected chi connectivity index (χ4v) is 3.94. The van der Waals surface area contributed by atoms with Crippen molar-refractivity contribution in [3.63, 3.8) is 0 Å². The van der Waals surface area contributed by atoms with Crippen LogP contribution in [-0.2, 0) is 5.67 Å². The first-order valence-corrected chi connectivity index (χ1v) is 8.77. The lowest BCUT2D eigenvalue weighted by Gasteiger charge is -2.39. The predicted molar refractivity (Wildman–Crippen MR) is 99.4 cm³/mol. The zero-order chi connectivity index (χ0) is 17.1. The van der Waals surface area contributed by atoms with Crippen LogP contribution in [0.15, 0.2) is 85.2 Å². The van der Waals surface area contributed by atoms with Gasteiger partial charge in [-0.1, -0.05) is 60.7 Å². The second-order valence-electron chi connectivity index (χ2n) is 6.50. The van der Waals surface area contributed by atoms with Gasteiger partial charge in [-0.05, 0) is 36.1 Å². The number of anilines is 1. The lowest BCUT2D eigenvalue weighted by molar-refractivity contribution is 0.177. The highest BCUT2D eigenvalue weighted by Crippen LogP contribution is 2.44. The summed E-state index contributed by atoms with van der Waals surface area (Å²) in [6.07, 6.45) is 5.35. The van der Waals surface area contributed by atoms with Crippen molar-refractivity contribution < 1.29 is 4.39 Å². The molecule has 3 heteroatoms. The van der Waals surface area contributed by atoms with E-state index in [1.165, 1.54) is 0 Å². The molecule has 0 N–H and O–H groups in total. The average Bonchev–Trinajstić information content (AvgIpc) is 3.20. The molecule has 2 heterocycles. The third kappa shape index (κ3) is 2.80. The molecule has 0 amide bonds.